The number of rotatable bonds is 1. The van der Waals surface area contributed by atoms with Gasteiger partial charge in [0.25, 0.3) is 0 Å². The third-order valence-electron chi connectivity index (χ3n) is 2.66. The summed E-state index contributed by atoms with van der Waals surface area (Å²) in [5, 5.41) is 2.35. The molecule has 1 aliphatic carbocycles. The van der Waals surface area contributed by atoms with Crippen LogP contribution < -0.4 is 10.4 Å². The third-order valence-corrected chi connectivity index (χ3v) is 2.66. The molecular formula is C14H14. The Balaban J connectivity index is 2.74. The lowest BCUT2D eigenvalue weighted by molar-refractivity contribution is 0.973. The van der Waals surface area contributed by atoms with Gasteiger partial charge >= 0.3 is 0 Å². The molecule has 14 heavy (non-hydrogen) atoms. The summed E-state index contributed by atoms with van der Waals surface area (Å²) in [5.74, 6) is 0. The Hall–Kier alpha value is -1.56. The molecule has 0 aliphatic heterocycles. The molecule has 1 aromatic rings. The van der Waals surface area contributed by atoms with Crippen molar-refractivity contribution in [1.82, 2.24) is 0 Å². The first-order chi connectivity index (χ1) is 6.83. The van der Waals surface area contributed by atoms with Gasteiger partial charge in [-0.2, -0.15) is 0 Å². The number of hydrogen-bond acceptors (Lipinski definition) is 0. The van der Waals surface area contributed by atoms with Gasteiger partial charge in [-0.25, -0.2) is 0 Å². The second-order valence-corrected chi connectivity index (χ2v) is 3.54. The zero-order chi connectivity index (χ0) is 9.97. The number of benzene rings is 1. The summed E-state index contributed by atoms with van der Waals surface area (Å²) >= 11 is 0. The molecule has 0 nitrogen and oxygen atoms in total. The van der Waals surface area contributed by atoms with E-state index in [2.05, 4.69) is 37.4 Å². The van der Waals surface area contributed by atoms with Crippen LogP contribution in [0.5, 0.6) is 0 Å². The molecule has 0 unspecified atom stereocenters. The van der Waals surface area contributed by atoms with Gasteiger partial charge in [0.2, 0.25) is 0 Å². The van der Waals surface area contributed by atoms with Crippen LogP contribution in [-0.4, -0.2) is 0 Å². The van der Waals surface area contributed by atoms with Crippen molar-refractivity contribution < 1.29 is 0 Å². The molecule has 0 radical (unpaired) electrons. The molecule has 0 atom stereocenters. The van der Waals surface area contributed by atoms with E-state index in [1.807, 2.05) is 12.2 Å². The Bertz CT molecular complexity index is 490. The fourth-order valence-electron chi connectivity index (χ4n) is 1.90. The molecule has 0 amide bonds. The zero-order valence-electron chi connectivity index (χ0n) is 8.29. The minimum atomic E-state index is 1.11. The Kier molecular flexibility index (Phi) is 2.36. The second kappa shape index (κ2) is 3.67. The van der Waals surface area contributed by atoms with Crippen LogP contribution in [0.25, 0.3) is 18.7 Å². The first-order valence-corrected chi connectivity index (χ1v) is 4.93. The highest BCUT2D eigenvalue weighted by Crippen LogP contribution is 2.13. The van der Waals surface area contributed by atoms with E-state index in [1.54, 1.807) is 0 Å². The first-order valence-electron chi connectivity index (χ1n) is 4.93. The van der Waals surface area contributed by atoms with Gasteiger partial charge < -0.3 is 0 Å². The predicted molar refractivity (Wildman–Crippen MR) is 63.2 cm³/mol. The maximum absolute atomic E-state index is 4.14. The van der Waals surface area contributed by atoms with Crippen LogP contribution in [0.4, 0.5) is 0 Å². The van der Waals surface area contributed by atoms with E-state index in [0.29, 0.717) is 0 Å². The Morgan fingerprint density at radius 1 is 1.29 bits per heavy atom. The molecule has 0 saturated carbocycles. The quantitative estimate of drug-likeness (QED) is 0.623. The van der Waals surface area contributed by atoms with Crippen molar-refractivity contribution in [2.24, 2.45) is 0 Å². The summed E-state index contributed by atoms with van der Waals surface area (Å²) < 4.78 is 0. The van der Waals surface area contributed by atoms with Gasteiger partial charge in [-0.1, -0.05) is 49.6 Å². The maximum Gasteiger partial charge on any atom is -0.0187 e. The van der Waals surface area contributed by atoms with Gasteiger partial charge in [-0.15, -0.1) is 0 Å². The van der Waals surface area contributed by atoms with Crippen LogP contribution in [0.3, 0.4) is 0 Å². The number of fused-ring (bicyclic) bond motifs is 1. The Labute approximate surface area is 84.6 Å². The van der Waals surface area contributed by atoms with Crippen molar-refractivity contribution in [3.05, 3.63) is 52.4 Å². The fraction of sp³-hybridized carbons (Fsp3) is 0.143. The molecule has 0 fully saturated rings. The van der Waals surface area contributed by atoms with Crippen LogP contribution in [0.15, 0.2) is 30.9 Å². The molecule has 0 aromatic heterocycles. The van der Waals surface area contributed by atoms with Crippen molar-refractivity contribution in [1.29, 1.82) is 0 Å². The highest BCUT2D eigenvalue weighted by Gasteiger charge is 2.04. The summed E-state index contributed by atoms with van der Waals surface area (Å²) in [5.41, 5.74) is 2.71. The van der Waals surface area contributed by atoms with Gasteiger partial charge in [0.1, 0.15) is 0 Å². The van der Waals surface area contributed by atoms with Crippen LogP contribution in [0.2, 0.25) is 0 Å². The maximum atomic E-state index is 4.14. The van der Waals surface area contributed by atoms with Crippen LogP contribution in [0, 0.1) is 0 Å². The lowest BCUT2D eigenvalue weighted by Gasteiger charge is -2.10. The van der Waals surface area contributed by atoms with Gasteiger partial charge in [-0.3, -0.25) is 0 Å². The summed E-state index contributed by atoms with van der Waals surface area (Å²) in [7, 11) is 0. The number of hydrogen-bond donors (Lipinski definition) is 0. The van der Waals surface area contributed by atoms with E-state index in [9.17, 15) is 0 Å². The van der Waals surface area contributed by atoms with Crippen LogP contribution >= 0.6 is 0 Å². The second-order valence-electron chi connectivity index (χ2n) is 3.54. The third kappa shape index (κ3) is 1.44. The molecule has 0 heteroatoms. The summed E-state index contributed by atoms with van der Waals surface area (Å²) in [6, 6.07) is 4.27. The summed E-state index contributed by atoms with van der Waals surface area (Å²) in [6.45, 7) is 7.85. The molecule has 0 spiro atoms. The van der Waals surface area contributed by atoms with Crippen molar-refractivity contribution in [2.45, 2.75) is 12.8 Å². The van der Waals surface area contributed by atoms with E-state index in [4.69, 9.17) is 0 Å². The van der Waals surface area contributed by atoms with Gasteiger partial charge in [0, 0.05) is 0 Å². The largest absolute Gasteiger partial charge is 0.0990 e. The fourth-order valence-corrected chi connectivity index (χ4v) is 1.90. The molecule has 70 valence electrons. The molecule has 1 aromatic carbocycles. The zero-order valence-corrected chi connectivity index (χ0v) is 8.29. The van der Waals surface area contributed by atoms with Crippen molar-refractivity contribution in [3.63, 3.8) is 0 Å². The predicted octanol–water partition coefficient (Wildman–Crippen LogP) is 2.02. The van der Waals surface area contributed by atoms with Crippen molar-refractivity contribution >= 4 is 18.7 Å². The molecule has 0 N–H and O–H groups in total. The molecular weight excluding hydrogens is 168 g/mol. The molecule has 0 bridgehead atoms. The number of allylic oxidation sites excluding steroid dienone is 2. The Morgan fingerprint density at radius 2 is 2.14 bits per heavy atom. The van der Waals surface area contributed by atoms with Gasteiger partial charge in [0.05, 0.1) is 0 Å². The van der Waals surface area contributed by atoms with Crippen molar-refractivity contribution in [2.75, 3.05) is 0 Å². The minimum absolute atomic E-state index is 1.11. The van der Waals surface area contributed by atoms with E-state index >= 15 is 0 Å². The first kappa shape index (κ1) is 9.01. The minimum Gasteiger partial charge on any atom is -0.0990 e. The smallest absolute Gasteiger partial charge is 0.0187 e. The molecule has 2 rings (SSSR count). The highest BCUT2D eigenvalue weighted by molar-refractivity contribution is 5.57. The van der Waals surface area contributed by atoms with Crippen LogP contribution in [0.1, 0.15) is 17.5 Å². The summed E-state index contributed by atoms with van der Waals surface area (Å²) in [6.07, 6.45) is 10.5. The van der Waals surface area contributed by atoms with Crippen molar-refractivity contribution in [3.8, 4) is 0 Å². The standard InChI is InChI=1S/C14H14/c1-3-6-12-9-10-13-7-4-5-8-14(13)11(12)2/h3-4,6-7,9-10H,1-2,5,8H2/b12-6-. The van der Waals surface area contributed by atoms with Gasteiger partial charge in [-0.05, 0) is 34.4 Å². The lowest BCUT2D eigenvalue weighted by Crippen LogP contribution is -2.28. The lowest BCUT2D eigenvalue weighted by atomic mass is 9.95. The van der Waals surface area contributed by atoms with E-state index < -0.39 is 0 Å². The van der Waals surface area contributed by atoms with Gasteiger partial charge in [0.15, 0.2) is 0 Å². The SMILES string of the molecule is C=C/C=c1/ccc2c(c1=C)CCC=C2. The van der Waals surface area contributed by atoms with E-state index in [0.717, 1.165) is 18.1 Å². The molecule has 0 saturated heterocycles. The topological polar surface area (TPSA) is 0 Å². The monoisotopic (exact) mass is 182 g/mol. The molecule has 1 aliphatic rings. The normalized spacial score (nSPS) is 15.3. The molecule has 0 heterocycles. The average molecular weight is 182 g/mol. The highest BCUT2D eigenvalue weighted by atomic mass is 14.1. The van der Waals surface area contributed by atoms with E-state index in [-0.39, 0.29) is 0 Å². The average Bonchev–Trinajstić information content (AvgIpc) is 2.23. The van der Waals surface area contributed by atoms with E-state index in [1.165, 1.54) is 16.3 Å². The van der Waals surface area contributed by atoms with Crippen LogP contribution in [-0.2, 0) is 6.42 Å². The Morgan fingerprint density at radius 3 is 2.93 bits per heavy atom. The summed E-state index contributed by atoms with van der Waals surface area (Å²) in [4.78, 5) is 0.